The molecular formula is C50H85NO7. The van der Waals surface area contributed by atoms with Crippen molar-refractivity contribution in [1.29, 1.82) is 0 Å². The highest BCUT2D eigenvalue weighted by atomic mass is 16.6. The van der Waals surface area contributed by atoms with Gasteiger partial charge in [-0.2, -0.15) is 0 Å². The lowest BCUT2D eigenvalue weighted by molar-refractivity contribution is -0.889. The summed E-state index contributed by atoms with van der Waals surface area (Å²) >= 11 is 0. The molecule has 0 aliphatic heterocycles. The van der Waals surface area contributed by atoms with E-state index in [1.54, 1.807) is 21.1 Å². The molecule has 58 heavy (non-hydrogen) atoms. The largest absolute Gasteiger partial charge is 0.544 e. The number of rotatable bonds is 40. The minimum Gasteiger partial charge on any atom is -0.544 e. The molecule has 0 aromatic rings. The van der Waals surface area contributed by atoms with Crippen LogP contribution in [-0.2, 0) is 28.6 Å². The Bertz CT molecular complexity index is 1180. The minimum absolute atomic E-state index is 0.0274. The fourth-order valence-electron chi connectivity index (χ4n) is 6.27. The standard InChI is InChI=1S/C50H85NO7/c1-6-8-10-12-14-16-18-19-20-21-22-23-24-25-26-27-28-29-31-33-35-37-39-41-49(53)58-46(44-56-43-42-47(50(54)55)51(3,4)5)45-57-48(52)40-38-36-34-32-30-17-15-13-11-9-7-2/h8,10,13-17,19-20,22-23,30,46-47H,6-7,9,11-12,18,21,24-29,31-45H2,1-5H3/b10-8+,15-13+,16-14+,20-19+,23-22+,30-17+. The summed E-state index contributed by atoms with van der Waals surface area (Å²) in [5.41, 5.74) is 0. The predicted molar refractivity (Wildman–Crippen MR) is 240 cm³/mol. The van der Waals surface area contributed by atoms with Crippen molar-refractivity contribution in [3.63, 3.8) is 0 Å². The molecule has 0 bridgehead atoms. The van der Waals surface area contributed by atoms with Gasteiger partial charge in [0.25, 0.3) is 0 Å². The Labute approximate surface area is 355 Å². The lowest BCUT2D eigenvalue weighted by Crippen LogP contribution is -2.55. The van der Waals surface area contributed by atoms with Crippen LogP contribution < -0.4 is 5.11 Å². The van der Waals surface area contributed by atoms with Crippen LogP contribution in [0.25, 0.3) is 0 Å². The molecule has 0 saturated heterocycles. The number of carboxylic acids is 1. The van der Waals surface area contributed by atoms with Crippen molar-refractivity contribution in [1.82, 2.24) is 0 Å². The number of allylic oxidation sites excluding steroid dienone is 12. The maximum Gasteiger partial charge on any atom is 0.306 e. The lowest BCUT2D eigenvalue weighted by Gasteiger charge is -2.34. The van der Waals surface area contributed by atoms with Crippen LogP contribution in [0.4, 0.5) is 0 Å². The Balaban J connectivity index is 4.28. The third-order valence-electron chi connectivity index (χ3n) is 9.85. The van der Waals surface area contributed by atoms with Gasteiger partial charge in [-0.25, -0.2) is 0 Å². The number of carboxylic acid groups (broad SMARTS) is 1. The van der Waals surface area contributed by atoms with Gasteiger partial charge in [0.15, 0.2) is 6.10 Å². The van der Waals surface area contributed by atoms with E-state index in [0.29, 0.717) is 12.8 Å². The van der Waals surface area contributed by atoms with Gasteiger partial charge in [0.05, 0.1) is 40.3 Å². The second-order valence-corrected chi connectivity index (χ2v) is 16.3. The van der Waals surface area contributed by atoms with Crippen LogP contribution in [0, 0.1) is 0 Å². The molecule has 2 atom stereocenters. The highest BCUT2D eigenvalue weighted by Crippen LogP contribution is 2.14. The second-order valence-electron chi connectivity index (χ2n) is 16.3. The van der Waals surface area contributed by atoms with Gasteiger partial charge in [0.1, 0.15) is 12.6 Å². The van der Waals surface area contributed by atoms with Gasteiger partial charge in [-0.15, -0.1) is 0 Å². The number of hydrogen-bond acceptors (Lipinski definition) is 7. The maximum atomic E-state index is 12.7. The van der Waals surface area contributed by atoms with E-state index >= 15 is 0 Å². The Morgan fingerprint density at radius 3 is 1.55 bits per heavy atom. The smallest absolute Gasteiger partial charge is 0.306 e. The lowest BCUT2D eigenvalue weighted by atomic mass is 10.0. The highest BCUT2D eigenvalue weighted by molar-refractivity contribution is 5.70. The van der Waals surface area contributed by atoms with Crippen molar-refractivity contribution in [2.75, 3.05) is 41.0 Å². The molecule has 2 unspecified atom stereocenters. The zero-order valence-electron chi connectivity index (χ0n) is 37.7. The van der Waals surface area contributed by atoms with Crippen LogP contribution in [0.5, 0.6) is 0 Å². The summed E-state index contributed by atoms with van der Waals surface area (Å²) < 4.78 is 17.1. The molecule has 0 radical (unpaired) electrons. The van der Waals surface area contributed by atoms with E-state index in [4.69, 9.17) is 14.2 Å². The summed E-state index contributed by atoms with van der Waals surface area (Å²) in [6.07, 6.45) is 50.8. The molecule has 8 heteroatoms. The van der Waals surface area contributed by atoms with Gasteiger partial charge in [0, 0.05) is 19.3 Å². The summed E-state index contributed by atoms with van der Waals surface area (Å²) in [6.45, 7) is 4.45. The molecule has 0 aliphatic carbocycles. The SMILES string of the molecule is CC/C=C/C/C=C/C/C=C/C/C=C/CCCCCCCCCCCCC(=O)OC(COCCC(C(=O)[O-])[N+](C)(C)C)COC(=O)CCCCC/C=C/C=C/CCCC. The Hall–Kier alpha value is -3.23. The quantitative estimate of drug-likeness (QED) is 0.0200. The fourth-order valence-corrected chi connectivity index (χ4v) is 6.27. The number of ether oxygens (including phenoxy) is 3. The molecule has 0 aromatic carbocycles. The van der Waals surface area contributed by atoms with Crippen LogP contribution in [0.2, 0.25) is 0 Å². The molecule has 0 N–H and O–H groups in total. The van der Waals surface area contributed by atoms with Crippen molar-refractivity contribution in [3.8, 4) is 0 Å². The van der Waals surface area contributed by atoms with Crippen LogP contribution in [-0.4, -0.2) is 75.5 Å². The third-order valence-corrected chi connectivity index (χ3v) is 9.85. The fraction of sp³-hybridized carbons (Fsp3) is 0.700. The number of esters is 2. The van der Waals surface area contributed by atoms with Gasteiger partial charge in [-0.1, -0.05) is 157 Å². The summed E-state index contributed by atoms with van der Waals surface area (Å²) in [5.74, 6) is -1.78. The third kappa shape index (κ3) is 38.3. The molecule has 332 valence electrons. The van der Waals surface area contributed by atoms with Crippen LogP contribution in [0.15, 0.2) is 72.9 Å². The number of unbranched alkanes of at least 4 members (excludes halogenated alkanes) is 15. The number of aliphatic carboxylic acids is 1. The van der Waals surface area contributed by atoms with Gasteiger partial charge in [0.2, 0.25) is 0 Å². The molecular weight excluding hydrogens is 727 g/mol. The molecule has 0 saturated carbocycles. The second kappa shape index (κ2) is 40.5. The highest BCUT2D eigenvalue weighted by Gasteiger charge is 2.25. The maximum absolute atomic E-state index is 12.7. The first-order valence-electron chi connectivity index (χ1n) is 23.0. The molecule has 0 aromatic heterocycles. The van der Waals surface area contributed by atoms with Crippen molar-refractivity contribution < 1.29 is 38.2 Å². The molecule has 0 spiro atoms. The van der Waals surface area contributed by atoms with Gasteiger partial charge >= 0.3 is 11.9 Å². The van der Waals surface area contributed by atoms with Gasteiger partial charge in [-0.05, 0) is 70.6 Å². The number of nitrogens with zero attached hydrogens (tertiary/aromatic N) is 1. The molecule has 8 nitrogen and oxygen atoms in total. The van der Waals surface area contributed by atoms with Crippen LogP contribution in [0.3, 0.4) is 0 Å². The van der Waals surface area contributed by atoms with Crippen molar-refractivity contribution in [2.24, 2.45) is 0 Å². The number of likely N-dealkylation sites (N-methyl/N-ethyl adjacent to an activating group) is 1. The predicted octanol–water partition coefficient (Wildman–Crippen LogP) is 11.4. The van der Waals surface area contributed by atoms with Crippen LogP contribution >= 0.6 is 0 Å². The molecule has 0 fully saturated rings. The first kappa shape index (κ1) is 54.8. The molecule has 0 amide bonds. The van der Waals surface area contributed by atoms with Gasteiger partial charge < -0.3 is 28.6 Å². The molecule has 0 heterocycles. The zero-order chi connectivity index (χ0) is 42.8. The normalized spacial score (nSPS) is 13.6. The Morgan fingerprint density at radius 1 is 0.552 bits per heavy atom. The number of carbonyl (C=O) groups is 3. The molecule has 0 aliphatic rings. The van der Waals surface area contributed by atoms with E-state index < -0.39 is 18.1 Å². The first-order valence-corrected chi connectivity index (χ1v) is 23.0. The van der Waals surface area contributed by atoms with E-state index in [9.17, 15) is 19.5 Å². The van der Waals surface area contributed by atoms with Crippen molar-refractivity contribution in [3.05, 3.63) is 72.9 Å². The van der Waals surface area contributed by atoms with E-state index in [0.717, 1.165) is 83.5 Å². The summed E-state index contributed by atoms with van der Waals surface area (Å²) in [7, 11) is 5.39. The first-order chi connectivity index (χ1) is 28.1. The Kier molecular flexibility index (Phi) is 38.3. The zero-order valence-corrected chi connectivity index (χ0v) is 37.7. The van der Waals surface area contributed by atoms with E-state index in [2.05, 4.69) is 86.8 Å². The van der Waals surface area contributed by atoms with Gasteiger partial charge in [-0.3, -0.25) is 9.59 Å². The number of carbonyl (C=O) groups excluding carboxylic acids is 3. The van der Waals surface area contributed by atoms with E-state index in [1.807, 2.05) is 0 Å². The van der Waals surface area contributed by atoms with E-state index in [-0.39, 0.29) is 42.7 Å². The molecule has 0 rings (SSSR count). The van der Waals surface area contributed by atoms with Crippen molar-refractivity contribution in [2.45, 2.75) is 187 Å². The summed E-state index contributed by atoms with van der Waals surface area (Å²) in [4.78, 5) is 36.8. The summed E-state index contributed by atoms with van der Waals surface area (Å²) in [5, 5.41) is 11.6. The minimum atomic E-state index is -1.13. The topological polar surface area (TPSA) is 102 Å². The average molecular weight is 812 g/mol. The summed E-state index contributed by atoms with van der Waals surface area (Å²) in [6, 6.07) is -0.733. The van der Waals surface area contributed by atoms with Crippen LogP contribution in [0.1, 0.15) is 174 Å². The van der Waals surface area contributed by atoms with Crippen molar-refractivity contribution >= 4 is 17.9 Å². The number of quaternary nitrogens is 1. The van der Waals surface area contributed by atoms with E-state index in [1.165, 1.54) is 57.8 Å². The number of hydrogen-bond donors (Lipinski definition) is 0. The monoisotopic (exact) mass is 812 g/mol. The average Bonchev–Trinajstić information content (AvgIpc) is 3.18. The Morgan fingerprint density at radius 2 is 1.02 bits per heavy atom.